The van der Waals surface area contributed by atoms with E-state index in [1.807, 2.05) is 0 Å². The molecule has 3 aromatic rings. The van der Waals surface area contributed by atoms with Crippen LogP contribution in [0.2, 0.25) is 5.02 Å². The smallest absolute Gasteiger partial charge is 0.310 e. The maximum atomic E-state index is 13.6. The molecule has 4 rings (SSSR count). The SMILES string of the molecule is CCS(=O)(=O)Nc1ccc(C2=NN(C(=O)c3ccco3)[C@@H](c3ccc(F)cc3Cl)C2)cc1. The second-order valence-corrected chi connectivity index (χ2v) is 9.56. The van der Waals surface area contributed by atoms with Gasteiger partial charge >= 0.3 is 5.91 Å². The predicted octanol–water partition coefficient (Wildman–Crippen LogP) is 4.83. The second-order valence-electron chi connectivity index (χ2n) is 7.14. The first-order valence-electron chi connectivity index (χ1n) is 9.78. The highest BCUT2D eigenvalue weighted by atomic mass is 35.5. The number of benzene rings is 2. The van der Waals surface area contributed by atoms with Crippen LogP contribution in [-0.4, -0.2) is 30.8 Å². The lowest BCUT2D eigenvalue weighted by Gasteiger charge is -2.22. The summed E-state index contributed by atoms with van der Waals surface area (Å²) in [5.74, 6) is -0.858. The van der Waals surface area contributed by atoms with E-state index in [-0.39, 0.29) is 16.5 Å². The second kappa shape index (κ2) is 8.76. The maximum absolute atomic E-state index is 13.6. The van der Waals surface area contributed by atoms with Crippen LogP contribution in [0.15, 0.2) is 70.4 Å². The minimum atomic E-state index is -3.39. The molecule has 1 N–H and O–H groups in total. The molecule has 0 aliphatic carbocycles. The Labute approximate surface area is 189 Å². The number of hydrogen-bond donors (Lipinski definition) is 1. The molecule has 0 saturated carbocycles. The summed E-state index contributed by atoms with van der Waals surface area (Å²) in [7, 11) is -3.39. The lowest BCUT2D eigenvalue weighted by atomic mass is 9.98. The number of hydrazone groups is 1. The molecule has 1 aliphatic rings. The fourth-order valence-corrected chi connectivity index (χ4v) is 4.31. The summed E-state index contributed by atoms with van der Waals surface area (Å²) in [6, 6.07) is 13.3. The average Bonchev–Trinajstić information content (AvgIpc) is 3.44. The van der Waals surface area contributed by atoms with Gasteiger partial charge in [-0.15, -0.1) is 0 Å². The number of rotatable bonds is 6. The van der Waals surface area contributed by atoms with Gasteiger partial charge in [-0.2, -0.15) is 5.10 Å². The topological polar surface area (TPSA) is 92.0 Å². The summed E-state index contributed by atoms with van der Waals surface area (Å²) >= 11 is 6.28. The van der Waals surface area contributed by atoms with Gasteiger partial charge in [0.15, 0.2) is 5.76 Å². The van der Waals surface area contributed by atoms with Crippen LogP contribution < -0.4 is 4.72 Å². The molecule has 1 amide bonds. The highest BCUT2D eigenvalue weighted by molar-refractivity contribution is 7.92. The van der Waals surface area contributed by atoms with Crippen molar-refractivity contribution in [3.05, 3.63) is 88.6 Å². The zero-order chi connectivity index (χ0) is 22.9. The van der Waals surface area contributed by atoms with Crippen LogP contribution in [0.25, 0.3) is 0 Å². The Hall–Kier alpha value is -3.17. The summed E-state index contributed by atoms with van der Waals surface area (Å²) in [6.07, 6.45) is 1.72. The third-order valence-corrected chi connectivity index (χ3v) is 6.68. The third kappa shape index (κ3) is 4.53. The number of carbonyl (C=O) groups excluding carboxylic acids is 1. The zero-order valence-corrected chi connectivity index (χ0v) is 18.5. The van der Waals surface area contributed by atoms with Crippen LogP contribution in [0, 0.1) is 5.82 Å². The van der Waals surface area contributed by atoms with Crippen LogP contribution in [0.5, 0.6) is 0 Å². The monoisotopic (exact) mass is 475 g/mol. The van der Waals surface area contributed by atoms with Crippen LogP contribution in [0.1, 0.15) is 41.1 Å². The molecule has 0 spiro atoms. The van der Waals surface area contributed by atoms with E-state index >= 15 is 0 Å². The number of nitrogens with zero attached hydrogens (tertiary/aromatic N) is 2. The highest BCUT2D eigenvalue weighted by Crippen LogP contribution is 2.37. The van der Waals surface area contributed by atoms with Crippen molar-refractivity contribution < 1.29 is 22.0 Å². The fraction of sp³-hybridized carbons (Fsp3) is 0.182. The van der Waals surface area contributed by atoms with Crippen molar-refractivity contribution in [1.82, 2.24) is 5.01 Å². The standard InChI is InChI=1S/C22H19ClFN3O4S/c1-2-32(29,30)26-16-8-5-14(6-9-16)19-13-20(17-10-7-15(24)12-18(17)23)27(25-19)22(28)21-4-3-11-31-21/h3-12,20,26H,2,13H2,1H3/t20-/m1/s1. The van der Waals surface area contributed by atoms with Crippen molar-refractivity contribution in [1.29, 1.82) is 0 Å². The predicted molar refractivity (Wildman–Crippen MR) is 120 cm³/mol. The van der Waals surface area contributed by atoms with Crippen molar-refractivity contribution in [3.8, 4) is 0 Å². The summed E-state index contributed by atoms with van der Waals surface area (Å²) in [5, 5.41) is 5.97. The Morgan fingerprint density at radius 1 is 1.25 bits per heavy atom. The normalized spacial score (nSPS) is 16.2. The molecular weight excluding hydrogens is 457 g/mol. The Balaban J connectivity index is 1.67. The number of anilines is 1. The highest BCUT2D eigenvalue weighted by Gasteiger charge is 2.35. The van der Waals surface area contributed by atoms with E-state index in [0.29, 0.717) is 28.9 Å². The number of nitrogens with one attached hydrogen (secondary N) is 1. The number of furan rings is 1. The van der Waals surface area contributed by atoms with E-state index in [9.17, 15) is 17.6 Å². The van der Waals surface area contributed by atoms with Gasteiger partial charge in [-0.25, -0.2) is 17.8 Å². The van der Waals surface area contributed by atoms with Gasteiger partial charge in [0.2, 0.25) is 10.0 Å². The van der Waals surface area contributed by atoms with Gasteiger partial charge in [-0.1, -0.05) is 29.8 Å². The number of carbonyl (C=O) groups is 1. The van der Waals surface area contributed by atoms with Gasteiger partial charge in [0.05, 0.1) is 23.8 Å². The molecule has 1 aromatic heterocycles. The minimum Gasteiger partial charge on any atom is -0.459 e. The first-order valence-corrected chi connectivity index (χ1v) is 11.8. The minimum absolute atomic E-state index is 0.0363. The van der Waals surface area contributed by atoms with Gasteiger partial charge in [0.1, 0.15) is 5.82 Å². The summed E-state index contributed by atoms with van der Waals surface area (Å²) < 4.78 is 44.8. The van der Waals surface area contributed by atoms with Gasteiger partial charge < -0.3 is 4.42 Å². The third-order valence-electron chi connectivity index (χ3n) is 5.04. The lowest BCUT2D eigenvalue weighted by molar-refractivity contribution is 0.0678. The Bertz CT molecular complexity index is 1280. The van der Waals surface area contributed by atoms with Crippen molar-refractivity contribution in [2.24, 2.45) is 5.10 Å². The van der Waals surface area contributed by atoms with E-state index in [1.54, 1.807) is 37.3 Å². The first kappa shape index (κ1) is 22.0. The summed E-state index contributed by atoms with van der Waals surface area (Å²) in [6.45, 7) is 1.55. The van der Waals surface area contributed by atoms with Crippen LogP contribution in [0.4, 0.5) is 10.1 Å². The molecule has 1 atom stereocenters. The van der Waals surface area contributed by atoms with Crippen LogP contribution in [0.3, 0.4) is 0 Å². The maximum Gasteiger partial charge on any atom is 0.310 e. The van der Waals surface area contributed by atoms with Crippen molar-refractivity contribution in [2.75, 3.05) is 10.5 Å². The van der Waals surface area contributed by atoms with E-state index in [1.165, 1.54) is 35.5 Å². The van der Waals surface area contributed by atoms with Gasteiger partial charge in [0.25, 0.3) is 0 Å². The first-order chi connectivity index (χ1) is 15.3. The van der Waals surface area contributed by atoms with Crippen molar-refractivity contribution in [2.45, 2.75) is 19.4 Å². The molecular formula is C22H19ClFN3O4S. The molecule has 1 aliphatic heterocycles. The average molecular weight is 476 g/mol. The fourth-order valence-electron chi connectivity index (χ4n) is 3.38. The molecule has 10 heteroatoms. The molecule has 32 heavy (non-hydrogen) atoms. The molecule has 0 unspecified atom stereocenters. The van der Waals surface area contributed by atoms with E-state index in [2.05, 4.69) is 9.82 Å². The summed E-state index contributed by atoms with van der Waals surface area (Å²) in [4.78, 5) is 13.0. The Kier molecular flexibility index (Phi) is 6.03. The molecule has 0 fully saturated rings. The molecule has 2 aromatic carbocycles. The Morgan fingerprint density at radius 3 is 2.62 bits per heavy atom. The lowest BCUT2D eigenvalue weighted by Crippen LogP contribution is -2.27. The van der Waals surface area contributed by atoms with E-state index in [0.717, 1.165) is 0 Å². The van der Waals surface area contributed by atoms with Gasteiger partial charge in [-0.05, 0) is 54.4 Å². The van der Waals surface area contributed by atoms with Crippen molar-refractivity contribution in [3.63, 3.8) is 0 Å². The number of halogens is 2. The largest absolute Gasteiger partial charge is 0.459 e. The Morgan fingerprint density at radius 2 is 2.00 bits per heavy atom. The summed E-state index contributed by atoms with van der Waals surface area (Å²) in [5.41, 5.74) is 2.29. The zero-order valence-electron chi connectivity index (χ0n) is 17.0. The molecule has 166 valence electrons. The quantitative estimate of drug-likeness (QED) is 0.553. The van der Waals surface area contributed by atoms with Crippen LogP contribution in [-0.2, 0) is 10.0 Å². The molecule has 7 nitrogen and oxygen atoms in total. The number of sulfonamides is 1. The molecule has 0 radical (unpaired) electrons. The van der Waals surface area contributed by atoms with E-state index < -0.39 is 27.8 Å². The van der Waals surface area contributed by atoms with Crippen molar-refractivity contribution >= 4 is 38.9 Å². The number of hydrogen-bond acceptors (Lipinski definition) is 5. The van der Waals surface area contributed by atoms with Gasteiger partial charge in [-0.3, -0.25) is 9.52 Å². The molecule has 2 heterocycles. The van der Waals surface area contributed by atoms with Crippen LogP contribution >= 0.6 is 11.6 Å². The molecule has 0 saturated heterocycles. The van der Waals surface area contributed by atoms with Gasteiger partial charge in [0, 0.05) is 17.1 Å². The molecule has 0 bridgehead atoms. The number of amides is 1. The van der Waals surface area contributed by atoms with E-state index in [4.69, 9.17) is 16.0 Å².